The fourth-order valence-corrected chi connectivity index (χ4v) is 0.950. The minimum atomic E-state index is -0.302. The molecule has 0 bridgehead atoms. The van der Waals surface area contributed by atoms with Crippen molar-refractivity contribution < 1.29 is 9.13 Å². The highest BCUT2D eigenvalue weighted by molar-refractivity contribution is 5.85. The van der Waals surface area contributed by atoms with Gasteiger partial charge in [0.25, 0.3) is 0 Å². The van der Waals surface area contributed by atoms with E-state index in [1.165, 1.54) is 6.07 Å². The summed E-state index contributed by atoms with van der Waals surface area (Å²) in [4.78, 5) is 0. The molecule has 0 aliphatic carbocycles. The summed E-state index contributed by atoms with van der Waals surface area (Å²) in [5.74, 6) is 0.246. The van der Waals surface area contributed by atoms with Crippen LogP contribution in [0.25, 0.3) is 0 Å². The maximum absolute atomic E-state index is 13.0. The van der Waals surface area contributed by atoms with Crippen molar-refractivity contribution in [2.75, 3.05) is 6.61 Å². The molecule has 1 aromatic carbocycles. The van der Waals surface area contributed by atoms with E-state index in [9.17, 15) is 4.39 Å². The van der Waals surface area contributed by atoms with Gasteiger partial charge in [-0.15, -0.1) is 12.4 Å². The summed E-state index contributed by atoms with van der Waals surface area (Å²) < 4.78 is 18.1. The summed E-state index contributed by atoms with van der Waals surface area (Å²) in [7, 11) is 0. The first-order valence-electron chi connectivity index (χ1n) is 3.89. The molecule has 0 heterocycles. The fraction of sp³-hybridized carbons (Fsp3) is 0.333. The van der Waals surface area contributed by atoms with Crippen molar-refractivity contribution >= 4 is 12.4 Å². The highest BCUT2D eigenvalue weighted by atomic mass is 35.5. The number of nitrogens with two attached hydrogens (primary N) is 1. The van der Waals surface area contributed by atoms with Gasteiger partial charge in [0.1, 0.15) is 11.6 Å². The maximum Gasteiger partial charge on any atom is 0.131 e. The summed E-state index contributed by atoms with van der Waals surface area (Å²) in [6.45, 7) is 2.62. The number of benzene rings is 1. The Bertz CT molecular complexity index is 268. The Balaban J connectivity index is 0.00000144. The second-order valence-electron chi connectivity index (χ2n) is 2.39. The lowest BCUT2D eigenvalue weighted by Gasteiger charge is -2.04. The van der Waals surface area contributed by atoms with Crippen LogP contribution in [0.15, 0.2) is 18.2 Å². The zero-order valence-electron chi connectivity index (χ0n) is 7.42. The quantitative estimate of drug-likeness (QED) is 0.821. The molecule has 0 unspecified atom stereocenters. The Morgan fingerprint density at radius 2 is 2.15 bits per heavy atom. The van der Waals surface area contributed by atoms with Crippen LogP contribution >= 0.6 is 12.4 Å². The van der Waals surface area contributed by atoms with Crippen LogP contribution in [0.5, 0.6) is 5.75 Å². The summed E-state index contributed by atoms with van der Waals surface area (Å²) in [5, 5.41) is 0. The predicted molar refractivity (Wildman–Crippen MR) is 52.7 cm³/mol. The van der Waals surface area contributed by atoms with E-state index < -0.39 is 0 Å². The van der Waals surface area contributed by atoms with Crippen LogP contribution in [0.2, 0.25) is 0 Å². The predicted octanol–water partition coefficient (Wildman–Crippen LogP) is 2.10. The molecule has 1 aromatic rings. The summed E-state index contributed by atoms with van der Waals surface area (Å²) in [6, 6.07) is 4.71. The average molecular weight is 206 g/mol. The van der Waals surface area contributed by atoms with Crippen LogP contribution < -0.4 is 10.5 Å². The molecule has 0 atom stereocenters. The highest BCUT2D eigenvalue weighted by Crippen LogP contribution is 2.15. The molecule has 2 nitrogen and oxygen atoms in total. The van der Waals surface area contributed by atoms with Crippen molar-refractivity contribution in [1.29, 1.82) is 0 Å². The van der Waals surface area contributed by atoms with E-state index in [2.05, 4.69) is 0 Å². The van der Waals surface area contributed by atoms with E-state index in [-0.39, 0.29) is 24.8 Å². The molecule has 1 rings (SSSR count). The largest absolute Gasteiger partial charge is 0.494 e. The SMILES string of the molecule is CCOc1ccc(CN)c(F)c1.Cl. The van der Waals surface area contributed by atoms with Crippen LogP contribution in [0, 0.1) is 5.82 Å². The van der Waals surface area contributed by atoms with Crippen LogP contribution in [-0.2, 0) is 6.54 Å². The third-order valence-corrected chi connectivity index (χ3v) is 1.56. The van der Waals surface area contributed by atoms with E-state index in [1.807, 2.05) is 6.92 Å². The third kappa shape index (κ3) is 3.20. The van der Waals surface area contributed by atoms with Gasteiger partial charge in [-0.3, -0.25) is 0 Å². The Labute approximate surface area is 83.3 Å². The topological polar surface area (TPSA) is 35.2 Å². The molecule has 0 saturated heterocycles. The van der Waals surface area contributed by atoms with Gasteiger partial charge in [0.15, 0.2) is 0 Å². The number of rotatable bonds is 3. The van der Waals surface area contributed by atoms with Gasteiger partial charge in [0.2, 0.25) is 0 Å². The second kappa shape index (κ2) is 5.78. The van der Waals surface area contributed by atoms with Crippen LogP contribution in [0.1, 0.15) is 12.5 Å². The molecule has 0 aliphatic rings. The number of ether oxygens (including phenoxy) is 1. The summed E-state index contributed by atoms with van der Waals surface area (Å²) >= 11 is 0. The molecule has 74 valence electrons. The second-order valence-corrected chi connectivity index (χ2v) is 2.39. The van der Waals surface area contributed by atoms with Crippen LogP contribution in [0.3, 0.4) is 0 Å². The monoisotopic (exact) mass is 205 g/mol. The van der Waals surface area contributed by atoms with Crippen molar-refractivity contribution in [1.82, 2.24) is 0 Å². The van der Waals surface area contributed by atoms with Gasteiger partial charge >= 0.3 is 0 Å². The van der Waals surface area contributed by atoms with Crippen molar-refractivity contribution in [3.63, 3.8) is 0 Å². The first-order valence-corrected chi connectivity index (χ1v) is 3.89. The minimum absolute atomic E-state index is 0. The maximum atomic E-state index is 13.0. The lowest BCUT2D eigenvalue weighted by atomic mass is 10.2. The van der Waals surface area contributed by atoms with Crippen molar-refractivity contribution in [3.05, 3.63) is 29.6 Å². The van der Waals surface area contributed by atoms with E-state index in [1.54, 1.807) is 12.1 Å². The number of hydrogen-bond donors (Lipinski definition) is 1. The Kier molecular flexibility index (Phi) is 5.42. The summed E-state index contributed by atoms with van der Waals surface area (Å²) in [6.07, 6.45) is 0. The van der Waals surface area contributed by atoms with E-state index in [0.717, 1.165) is 0 Å². The molecule has 0 radical (unpaired) electrons. The molecule has 4 heteroatoms. The van der Waals surface area contributed by atoms with Crippen molar-refractivity contribution in [3.8, 4) is 5.75 Å². The van der Waals surface area contributed by atoms with Gasteiger partial charge in [0.05, 0.1) is 6.61 Å². The first-order chi connectivity index (χ1) is 5.77. The van der Waals surface area contributed by atoms with Crippen LogP contribution in [-0.4, -0.2) is 6.61 Å². The molecule has 0 amide bonds. The highest BCUT2D eigenvalue weighted by Gasteiger charge is 2.01. The first kappa shape index (κ1) is 12.2. The third-order valence-electron chi connectivity index (χ3n) is 1.56. The Hall–Kier alpha value is -0.800. The molecule has 0 spiro atoms. The van der Waals surface area contributed by atoms with Gasteiger partial charge in [-0.25, -0.2) is 4.39 Å². The zero-order valence-corrected chi connectivity index (χ0v) is 8.23. The van der Waals surface area contributed by atoms with Gasteiger partial charge in [-0.05, 0) is 13.0 Å². The van der Waals surface area contributed by atoms with E-state index >= 15 is 0 Å². The Morgan fingerprint density at radius 3 is 2.62 bits per heavy atom. The van der Waals surface area contributed by atoms with Gasteiger partial charge in [0, 0.05) is 18.2 Å². The molecular weight excluding hydrogens is 193 g/mol. The van der Waals surface area contributed by atoms with Gasteiger partial charge < -0.3 is 10.5 Å². The molecular formula is C9H13ClFNO. The molecule has 13 heavy (non-hydrogen) atoms. The average Bonchev–Trinajstić information content (AvgIpc) is 2.05. The van der Waals surface area contributed by atoms with E-state index in [4.69, 9.17) is 10.5 Å². The van der Waals surface area contributed by atoms with Crippen LogP contribution in [0.4, 0.5) is 4.39 Å². The Morgan fingerprint density at radius 1 is 1.46 bits per heavy atom. The van der Waals surface area contributed by atoms with Crippen molar-refractivity contribution in [2.24, 2.45) is 5.73 Å². The normalized spacial score (nSPS) is 9.15. The molecule has 0 saturated carbocycles. The fourth-order valence-electron chi connectivity index (χ4n) is 0.950. The van der Waals surface area contributed by atoms with Gasteiger partial charge in [-0.2, -0.15) is 0 Å². The van der Waals surface area contributed by atoms with E-state index in [0.29, 0.717) is 17.9 Å². The number of halogens is 2. The molecule has 0 aromatic heterocycles. The smallest absolute Gasteiger partial charge is 0.131 e. The van der Waals surface area contributed by atoms with Crippen molar-refractivity contribution in [2.45, 2.75) is 13.5 Å². The summed E-state index contributed by atoms with van der Waals surface area (Å²) in [5.41, 5.74) is 5.81. The molecule has 0 aliphatic heterocycles. The molecule has 2 N–H and O–H groups in total. The zero-order chi connectivity index (χ0) is 8.97. The number of hydrogen-bond acceptors (Lipinski definition) is 2. The van der Waals surface area contributed by atoms with Gasteiger partial charge in [-0.1, -0.05) is 6.07 Å². The standard InChI is InChI=1S/C9H12FNO.ClH/c1-2-12-8-4-3-7(6-11)9(10)5-8;/h3-5H,2,6,11H2,1H3;1H. The minimum Gasteiger partial charge on any atom is -0.494 e. The lowest BCUT2D eigenvalue weighted by molar-refractivity contribution is 0.338. The lowest BCUT2D eigenvalue weighted by Crippen LogP contribution is -2.00. The molecule has 0 fully saturated rings.